The van der Waals surface area contributed by atoms with Crippen molar-refractivity contribution >= 4 is 17.9 Å². The van der Waals surface area contributed by atoms with Crippen molar-refractivity contribution in [3.8, 4) is 0 Å². The van der Waals surface area contributed by atoms with E-state index in [2.05, 4.69) is 48.4 Å². The first-order valence-electron chi connectivity index (χ1n) is 11.6. The van der Waals surface area contributed by atoms with E-state index in [0.29, 0.717) is 5.92 Å². The van der Waals surface area contributed by atoms with Crippen LogP contribution in [0.3, 0.4) is 0 Å². The highest BCUT2D eigenvalue weighted by Gasteiger charge is 2.27. The van der Waals surface area contributed by atoms with Crippen molar-refractivity contribution in [3.63, 3.8) is 0 Å². The van der Waals surface area contributed by atoms with Crippen LogP contribution in [-0.4, -0.2) is 27.0 Å². The van der Waals surface area contributed by atoms with Crippen LogP contribution in [0.5, 0.6) is 0 Å². The van der Waals surface area contributed by atoms with Crippen molar-refractivity contribution in [2.75, 3.05) is 20.8 Å². The molecule has 1 aromatic rings. The summed E-state index contributed by atoms with van der Waals surface area (Å²) in [7, 11) is 3.64. The highest BCUT2D eigenvalue weighted by atomic mass is 16.5. The third-order valence-corrected chi connectivity index (χ3v) is 6.68. The molecule has 31 heavy (non-hydrogen) atoms. The molecule has 0 aromatic heterocycles. The Hall–Kier alpha value is -2.23. The van der Waals surface area contributed by atoms with Gasteiger partial charge in [-0.05, 0) is 85.8 Å². The quantitative estimate of drug-likeness (QED) is 0.433. The standard InChI is InChI=1S/C28H35NO2/c1-20-8-6-10-21(14-20)25-16-26-22(9-4-5-13-30-2)15-24(23-11-7-12-29-19-23)17-27(26)28(18-25)31-3/h6,8,12,14-17,19,21,28H,4-5,7,9-11,13,18H2,1-3H3. The molecule has 3 heteroatoms. The minimum atomic E-state index is 0.111. The maximum Gasteiger partial charge on any atom is 0.0864 e. The van der Waals surface area contributed by atoms with Gasteiger partial charge in [0, 0.05) is 39.2 Å². The van der Waals surface area contributed by atoms with Crippen molar-refractivity contribution in [2.24, 2.45) is 10.9 Å². The molecule has 1 heterocycles. The number of fused-ring (bicyclic) bond motifs is 1. The molecule has 0 saturated heterocycles. The lowest BCUT2D eigenvalue weighted by molar-refractivity contribution is 0.100. The second-order valence-electron chi connectivity index (χ2n) is 8.92. The topological polar surface area (TPSA) is 30.8 Å². The molecule has 0 N–H and O–H groups in total. The highest BCUT2D eigenvalue weighted by Crippen LogP contribution is 2.42. The van der Waals surface area contributed by atoms with E-state index < -0.39 is 0 Å². The summed E-state index contributed by atoms with van der Waals surface area (Å²) in [6.07, 6.45) is 21.0. The summed E-state index contributed by atoms with van der Waals surface area (Å²) in [5, 5.41) is 0. The molecule has 2 atom stereocenters. The van der Waals surface area contributed by atoms with Crippen LogP contribution in [0.25, 0.3) is 11.6 Å². The summed E-state index contributed by atoms with van der Waals surface area (Å²) in [5.74, 6) is 0.479. The van der Waals surface area contributed by atoms with Gasteiger partial charge in [0.1, 0.15) is 0 Å². The Labute approximate surface area is 187 Å². The first-order chi connectivity index (χ1) is 15.2. The van der Waals surface area contributed by atoms with Gasteiger partial charge >= 0.3 is 0 Å². The lowest BCUT2D eigenvalue weighted by Gasteiger charge is -2.31. The van der Waals surface area contributed by atoms with Gasteiger partial charge in [0.25, 0.3) is 0 Å². The summed E-state index contributed by atoms with van der Waals surface area (Å²) in [4.78, 5) is 4.42. The Balaban J connectivity index is 1.74. The van der Waals surface area contributed by atoms with Crippen LogP contribution >= 0.6 is 0 Å². The fraction of sp³-hybridized carbons (Fsp3) is 0.464. The van der Waals surface area contributed by atoms with Crippen molar-refractivity contribution in [2.45, 2.75) is 58.0 Å². The van der Waals surface area contributed by atoms with Crippen LogP contribution in [0, 0.1) is 5.92 Å². The molecule has 2 aliphatic carbocycles. The Kier molecular flexibility index (Phi) is 7.37. The number of ether oxygens (including phenoxy) is 2. The molecule has 0 saturated carbocycles. The summed E-state index contributed by atoms with van der Waals surface area (Å²) in [6.45, 7) is 3.02. The molecular weight excluding hydrogens is 382 g/mol. The van der Waals surface area contributed by atoms with E-state index in [4.69, 9.17) is 9.47 Å². The molecule has 3 nitrogen and oxygen atoms in total. The number of hydrogen-bond acceptors (Lipinski definition) is 3. The maximum absolute atomic E-state index is 6.06. The molecule has 4 rings (SSSR count). The fourth-order valence-electron chi connectivity index (χ4n) is 4.99. The largest absolute Gasteiger partial charge is 0.385 e. The van der Waals surface area contributed by atoms with Crippen molar-refractivity contribution < 1.29 is 9.47 Å². The minimum Gasteiger partial charge on any atom is -0.385 e. The Morgan fingerprint density at radius 3 is 2.81 bits per heavy atom. The molecule has 2 unspecified atom stereocenters. The molecule has 1 aromatic carbocycles. The van der Waals surface area contributed by atoms with Gasteiger partial charge in [-0.1, -0.05) is 41.5 Å². The highest BCUT2D eigenvalue weighted by molar-refractivity contribution is 5.77. The zero-order chi connectivity index (χ0) is 21.6. The first kappa shape index (κ1) is 22.0. The number of unbranched alkanes of at least 4 members (excludes halogenated alkanes) is 1. The van der Waals surface area contributed by atoms with Gasteiger partial charge in [0.05, 0.1) is 6.10 Å². The van der Waals surface area contributed by atoms with Crippen LogP contribution in [0.15, 0.2) is 52.7 Å². The number of hydrogen-bond donors (Lipinski definition) is 0. The van der Waals surface area contributed by atoms with E-state index >= 15 is 0 Å². The fourth-order valence-corrected chi connectivity index (χ4v) is 4.99. The number of nitrogens with zero attached hydrogens (tertiary/aromatic N) is 1. The third kappa shape index (κ3) is 5.16. The number of rotatable bonds is 8. The smallest absolute Gasteiger partial charge is 0.0864 e. The predicted molar refractivity (Wildman–Crippen MR) is 130 cm³/mol. The SMILES string of the molecule is COCCCCc1cc(C2=CN=CCC2)cc2c1C=C(C1C=C(C)C=CC1)CC2OC. The Morgan fingerprint density at radius 2 is 2.06 bits per heavy atom. The van der Waals surface area contributed by atoms with E-state index in [0.717, 1.165) is 51.6 Å². The summed E-state index contributed by atoms with van der Waals surface area (Å²) in [6, 6.07) is 4.77. The average Bonchev–Trinajstić information content (AvgIpc) is 2.81. The number of methoxy groups -OCH3 is 2. The number of allylic oxidation sites excluding steroid dienone is 5. The molecule has 3 aliphatic rings. The predicted octanol–water partition coefficient (Wildman–Crippen LogP) is 6.86. The van der Waals surface area contributed by atoms with Gasteiger partial charge in [-0.25, -0.2) is 0 Å². The Morgan fingerprint density at radius 1 is 1.16 bits per heavy atom. The number of aliphatic imine (C=N–C) groups is 1. The molecular formula is C28H35NO2. The molecule has 164 valence electrons. The summed E-state index contributed by atoms with van der Waals surface area (Å²) < 4.78 is 11.3. The van der Waals surface area contributed by atoms with Gasteiger partial charge in [0.15, 0.2) is 0 Å². The minimum absolute atomic E-state index is 0.111. The van der Waals surface area contributed by atoms with Gasteiger partial charge in [-0.15, -0.1) is 0 Å². The molecule has 1 aliphatic heterocycles. The molecule has 0 bridgehead atoms. The van der Waals surface area contributed by atoms with Crippen LogP contribution in [0.1, 0.15) is 73.8 Å². The first-order valence-corrected chi connectivity index (χ1v) is 11.6. The average molecular weight is 418 g/mol. The normalized spacial score (nSPS) is 22.6. The zero-order valence-electron chi connectivity index (χ0n) is 19.2. The van der Waals surface area contributed by atoms with E-state index in [9.17, 15) is 0 Å². The molecule has 0 radical (unpaired) electrons. The van der Waals surface area contributed by atoms with Crippen LogP contribution < -0.4 is 0 Å². The lowest BCUT2D eigenvalue weighted by atomic mass is 9.78. The molecule has 0 fully saturated rings. The van der Waals surface area contributed by atoms with Crippen LogP contribution in [-0.2, 0) is 15.9 Å². The molecule has 0 spiro atoms. The monoisotopic (exact) mass is 417 g/mol. The van der Waals surface area contributed by atoms with Crippen molar-refractivity contribution in [1.29, 1.82) is 0 Å². The van der Waals surface area contributed by atoms with Crippen molar-refractivity contribution in [3.05, 3.63) is 70.0 Å². The second kappa shape index (κ2) is 10.4. The zero-order valence-corrected chi connectivity index (χ0v) is 19.2. The van der Waals surface area contributed by atoms with E-state index in [1.807, 2.05) is 19.5 Å². The Bertz CT molecular complexity index is 948. The summed E-state index contributed by atoms with van der Waals surface area (Å²) in [5.41, 5.74) is 9.66. The second-order valence-corrected chi connectivity index (χ2v) is 8.92. The van der Waals surface area contributed by atoms with Gasteiger partial charge < -0.3 is 9.47 Å². The van der Waals surface area contributed by atoms with Crippen LogP contribution in [0.4, 0.5) is 0 Å². The third-order valence-electron chi connectivity index (χ3n) is 6.68. The number of benzene rings is 1. The molecule has 0 amide bonds. The van der Waals surface area contributed by atoms with Crippen molar-refractivity contribution in [1.82, 2.24) is 0 Å². The van der Waals surface area contributed by atoms with E-state index in [1.165, 1.54) is 39.0 Å². The van der Waals surface area contributed by atoms with Gasteiger partial charge in [-0.3, -0.25) is 4.99 Å². The summed E-state index contributed by atoms with van der Waals surface area (Å²) >= 11 is 0. The lowest BCUT2D eigenvalue weighted by Crippen LogP contribution is -2.16. The van der Waals surface area contributed by atoms with Crippen LogP contribution in [0.2, 0.25) is 0 Å². The van der Waals surface area contributed by atoms with E-state index in [-0.39, 0.29) is 6.10 Å². The maximum atomic E-state index is 6.06. The number of aryl methyl sites for hydroxylation is 1. The van der Waals surface area contributed by atoms with E-state index in [1.54, 1.807) is 7.11 Å². The van der Waals surface area contributed by atoms with Gasteiger partial charge in [0.2, 0.25) is 0 Å². The van der Waals surface area contributed by atoms with Gasteiger partial charge in [-0.2, -0.15) is 0 Å².